The standard InChI is InChI=1S/C30H29N3O7S/c1-6-39-29(35)26-17(3)31-30-33(27(26)21-14-19(37-4)9-12-24(21)38-5)28(34)25(41-30)15-20-10-11-23(40-20)18-8-7-16(2)22(13-18)32-36/h7-15,27,32,36H,6H2,1-5H3. The Balaban J connectivity index is 1.66. The third-order valence-electron chi connectivity index (χ3n) is 6.79. The molecule has 1 unspecified atom stereocenters. The van der Waals surface area contributed by atoms with E-state index in [0.717, 1.165) is 11.1 Å². The van der Waals surface area contributed by atoms with Crippen molar-refractivity contribution in [3.05, 3.63) is 96.4 Å². The lowest BCUT2D eigenvalue weighted by atomic mass is 9.95. The zero-order valence-electron chi connectivity index (χ0n) is 23.2. The second-order valence-corrected chi connectivity index (χ2v) is 10.3. The number of anilines is 1. The van der Waals surface area contributed by atoms with Crippen LogP contribution in [0.1, 0.15) is 36.8 Å². The van der Waals surface area contributed by atoms with Gasteiger partial charge in [0.15, 0.2) is 4.80 Å². The van der Waals surface area contributed by atoms with Gasteiger partial charge in [-0.3, -0.25) is 20.0 Å². The number of ether oxygens (including phenoxy) is 3. The number of carbonyl (C=O) groups excluding carboxylic acids is 1. The van der Waals surface area contributed by atoms with E-state index in [4.69, 9.17) is 18.6 Å². The van der Waals surface area contributed by atoms with E-state index in [2.05, 4.69) is 10.5 Å². The average Bonchev–Trinajstić information content (AvgIpc) is 3.56. The summed E-state index contributed by atoms with van der Waals surface area (Å²) in [6, 6.07) is 13.4. The van der Waals surface area contributed by atoms with Gasteiger partial charge < -0.3 is 18.6 Å². The molecule has 5 rings (SSSR count). The number of nitrogens with zero attached hydrogens (tertiary/aromatic N) is 2. The molecule has 1 aliphatic rings. The number of allylic oxidation sites excluding steroid dienone is 1. The van der Waals surface area contributed by atoms with Crippen LogP contribution in [0.3, 0.4) is 0 Å². The summed E-state index contributed by atoms with van der Waals surface area (Å²) in [5.41, 5.74) is 5.28. The summed E-state index contributed by atoms with van der Waals surface area (Å²) in [4.78, 5) is 32.2. The number of hydrogen-bond donors (Lipinski definition) is 2. The summed E-state index contributed by atoms with van der Waals surface area (Å²) < 4.78 is 24.3. The Morgan fingerprint density at radius 3 is 2.66 bits per heavy atom. The van der Waals surface area contributed by atoms with Gasteiger partial charge >= 0.3 is 5.97 Å². The molecule has 2 aromatic heterocycles. The van der Waals surface area contributed by atoms with E-state index in [1.807, 2.05) is 19.1 Å². The van der Waals surface area contributed by atoms with Gasteiger partial charge in [0.1, 0.15) is 29.1 Å². The second kappa shape index (κ2) is 11.5. The molecular weight excluding hydrogens is 546 g/mol. The van der Waals surface area contributed by atoms with E-state index in [1.54, 1.807) is 63.4 Å². The summed E-state index contributed by atoms with van der Waals surface area (Å²) in [6.45, 7) is 5.48. The van der Waals surface area contributed by atoms with Crippen LogP contribution in [0.15, 0.2) is 74.0 Å². The number of thiazole rings is 1. The number of aromatic nitrogens is 1. The van der Waals surface area contributed by atoms with Crippen molar-refractivity contribution in [1.82, 2.24) is 4.57 Å². The zero-order chi connectivity index (χ0) is 29.3. The lowest BCUT2D eigenvalue weighted by Crippen LogP contribution is -2.40. The van der Waals surface area contributed by atoms with Crippen LogP contribution in [-0.4, -0.2) is 36.6 Å². The average molecular weight is 576 g/mol. The molecule has 0 saturated heterocycles. The molecule has 41 heavy (non-hydrogen) atoms. The van der Waals surface area contributed by atoms with Crippen LogP contribution in [0.2, 0.25) is 0 Å². The van der Waals surface area contributed by atoms with E-state index < -0.39 is 12.0 Å². The number of rotatable bonds is 8. The molecule has 212 valence electrons. The minimum Gasteiger partial charge on any atom is -0.497 e. The molecule has 4 aromatic rings. The largest absolute Gasteiger partial charge is 0.497 e. The van der Waals surface area contributed by atoms with Gasteiger partial charge in [0.2, 0.25) is 0 Å². The van der Waals surface area contributed by atoms with E-state index >= 15 is 0 Å². The van der Waals surface area contributed by atoms with Gasteiger partial charge in [0.25, 0.3) is 5.56 Å². The van der Waals surface area contributed by atoms with Gasteiger partial charge in [-0.05, 0) is 62.7 Å². The van der Waals surface area contributed by atoms with Crippen molar-refractivity contribution in [2.75, 3.05) is 26.3 Å². The van der Waals surface area contributed by atoms with E-state index in [9.17, 15) is 14.8 Å². The summed E-state index contributed by atoms with van der Waals surface area (Å²) in [6.07, 6.45) is 1.65. The lowest BCUT2D eigenvalue weighted by Gasteiger charge is -2.26. The fourth-order valence-electron chi connectivity index (χ4n) is 4.75. The third kappa shape index (κ3) is 5.17. The number of fused-ring (bicyclic) bond motifs is 1. The van der Waals surface area contributed by atoms with Gasteiger partial charge in [0.05, 0.1) is 42.3 Å². The number of aryl methyl sites for hydroxylation is 1. The van der Waals surface area contributed by atoms with E-state index in [0.29, 0.717) is 49.3 Å². The maximum atomic E-state index is 13.9. The first-order valence-corrected chi connectivity index (χ1v) is 13.6. The highest BCUT2D eigenvalue weighted by Crippen LogP contribution is 2.38. The first-order valence-electron chi connectivity index (χ1n) is 12.8. The molecule has 1 aliphatic heterocycles. The minimum atomic E-state index is -0.860. The number of furan rings is 1. The minimum absolute atomic E-state index is 0.166. The van der Waals surface area contributed by atoms with Crippen molar-refractivity contribution in [3.8, 4) is 22.8 Å². The molecule has 3 heterocycles. The molecule has 0 fully saturated rings. The normalized spacial score (nSPS) is 14.9. The third-order valence-corrected chi connectivity index (χ3v) is 7.77. The molecule has 1 atom stereocenters. The highest BCUT2D eigenvalue weighted by Gasteiger charge is 2.35. The summed E-state index contributed by atoms with van der Waals surface area (Å²) in [7, 11) is 3.07. The Hall–Kier alpha value is -4.61. The quantitative estimate of drug-likeness (QED) is 0.237. The molecule has 10 nitrogen and oxygen atoms in total. The number of esters is 1. The van der Waals surface area contributed by atoms with Crippen molar-refractivity contribution in [1.29, 1.82) is 0 Å². The highest BCUT2D eigenvalue weighted by molar-refractivity contribution is 7.07. The maximum Gasteiger partial charge on any atom is 0.338 e. The van der Waals surface area contributed by atoms with Crippen LogP contribution >= 0.6 is 11.3 Å². The maximum absolute atomic E-state index is 13.9. The van der Waals surface area contributed by atoms with Crippen LogP contribution < -0.4 is 29.8 Å². The molecule has 0 aliphatic carbocycles. The molecule has 0 radical (unpaired) electrons. The van der Waals surface area contributed by atoms with Crippen LogP contribution in [-0.2, 0) is 9.53 Å². The van der Waals surface area contributed by atoms with Gasteiger partial charge in [-0.1, -0.05) is 23.5 Å². The molecule has 0 bridgehead atoms. The Kier molecular flexibility index (Phi) is 7.82. The number of nitrogens with one attached hydrogen (secondary N) is 1. The van der Waals surface area contributed by atoms with Crippen LogP contribution in [0.5, 0.6) is 11.5 Å². The van der Waals surface area contributed by atoms with Crippen molar-refractivity contribution in [2.24, 2.45) is 4.99 Å². The number of benzene rings is 2. The SMILES string of the molecule is CCOC(=O)C1=C(C)N=c2sc(=Cc3ccc(-c4ccc(C)c(NO)c4)o3)c(=O)n2C1c1cc(OC)ccc1OC. The first kappa shape index (κ1) is 27.9. The van der Waals surface area contributed by atoms with E-state index in [1.165, 1.54) is 23.0 Å². The Morgan fingerprint density at radius 1 is 1.15 bits per heavy atom. The molecule has 0 spiro atoms. The monoisotopic (exact) mass is 575 g/mol. The number of methoxy groups -OCH3 is 2. The van der Waals surface area contributed by atoms with Crippen molar-refractivity contribution < 1.29 is 28.6 Å². The summed E-state index contributed by atoms with van der Waals surface area (Å²) >= 11 is 1.19. The fraction of sp³-hybridized carbons (Fsp3) is 0.233. The smallest absolute Gasteiger partial charge is 0.338 e. The molecule has 0 amide bonds. The second-order valence-electron chi connectivity index (χ2n) is 9.25. The van der Waals surface area contributed by atoms with Gasteiger partial charge in [-0.15, -0.1) is 0 Å². The predicted octanol–water partition coefficient (Wildman–Crippen LogP) is 4.19. The van der Waals surface area contributed by atoms with Crippen LogP contribution in [0.4, 0.5) is 5.69 Å². The van der Waals surface area contributed by atoms with Gasteiger partial charge in [0, 0.05) is 17.2 Å². The number of hydrogen-bond acceptors (Lipinski definition) is 10. The highest BCUT2D eigenvalue weighted by atomic mass is 32.1. The molecule has 0 saturated carbocycles. The van der Waals surface area contributed by atoms with Gasteiger partial charge in [-0.2, -0.15) is 0 Å². The molecular formula is C30H29N3O7S. The molecule has 2 N–H and O–H groups in total. The Bertz CT molecular complexity index is 1850. The van der Waals surface area contributed by atoms with Crippen LogP contribution in [0.25, 0.3) is 17.4 Å². The Morgan fingerprint density at radius 2 is 1.95 bits per heavy atom. The zero-order valence-corrected chi connectivity index (χ0v) is 24.0. The van der Waals surface area contributed by atoms with Crippen molar-refractivity contribution >= 4 is 29.1 Å². The van der Waals surface area contributed by atoms with Gasteiger partial charge in [-0.25, -0.2) is 9.79 Å². The first-order chi connectivity index (χ1) is 19.8. The Labute approximate surface area is 239 Å². The predicted molar refractivity (Wildman–Crippen MR) is 154 cm³/mol. The topological polar surface area (TPSA) is 125 Å². The van der Waals surface area contributed by atoms with Crippen LogP contribution in [0, 0.1) is 6.92 Å². The molecule has 11 heteroatoms. The van der Waals surface area contributed by atoms with Crippen molar-refractivity contribution in [3.63, 3.8) is 0 Å². The summed E-state index contributed by atoms with van der Waals surface area (Å²) in [5.74, 6) is 1.48. The van der Waals surface area contributed by atoms with E-state index in [-0.39, 0.29) is 17.7 Å². The number of carbonyl (C=O) groups is 1. The summed E-state index contributed by atoms with van der Waals surface area (Å²) in [5, 5.41) is 9.39. The lowest BCUT2D eigenvalue weighted by molar-refractivity contribution is -0.139. The molecule has 2 aromatic carbocycles. The fourth-order valence-corrected chi connectivity index (χ4v) is 5.78. The van der Waals surface area contributed by atoms with Crippen molar-refractivity contribution in [2.45, 2.75) is 26.8 Å².